The molecule has 19 heavy (non-hydrogen) atoms. The standard InChI is InChI=1S/C15H25N3O/c1-12(16)8-13-5-6-15(17-9-13)18-7-3-4-14(10-18)11-19-2/h5-6,9,12,14H,3-4,7-8,10-11,16H2,1-2H3. The van der Waals surface area contributed by atoms with Crippen LogP contribution in [0.25, 0.3) is 0 Å². The molecule has 4 nitrogen and oxygen atoms in total. The van der Waals surface area contributed by atoms with Crippen molar-refractivity contribution < 1.29 is 4.74 Å². The van der Waals surface area contributed by atoms with E-state index in [-0.39, 0.29) is 6.04 Å². The molecule has 0 aliphatic carbocycles. The van der Waals surface area contributed by atoms with Gasteiger partial charge in [0.15, 0.2) is 0 Å². The Labute approximate surface area is 116 Å². The number of methoxy groups -OCH3 is 1. The SMILES string of the molecule is COCC1CCCN(c2ccc(CC(C)N)cn2)C1. The number of piperidine rings is 1. The minimum Gasteiger partial charge on any atom is -0.384 e. The third kappa shape index (κ3) is 4.18. The van der Waals surface area contributed by atoms with Crippen LogP contribution < -0.4 is 10.6 Å². The van der Waals surface area contributed by atoms with Gasteiger partial charge in [0.25, 0.3) is 0 Å². The van der Waals surface area contributed by atoms with Gasteiger partial charge < -0.3 is 15.4 Å². The Hall–Kier alpha value is -1.13. The van der Waals surface area contributed by atoms with Gasteiger partial charge in [0.1, 0.15) is 5.82 Å². The fraction of sp³-hybridized carbons (Fsp3) is 0.667. The summed E-state index contributed by atoms with van der Waals surface area (Å²) in [5.74, 6) is 1.71. The van der Waals surface area contributed by atoms with Gasteiger partial charge in [-0.25, -0.2) is 4.98 Å². The molecule has 0 radical (unpaired) electrons. The Kier molecular flexibility index (Phi) is 5.16. The highest BCUT2D eigenvalue weighted by Gasteiger charge is 2.20. The van der Waals surface area contributed by atoms with Crippen molar-refractivity contribution in [3.8, 4) is 0 Å². The average molecular weight is 263 g/mol. The van der Waals surface area contributed by atoms with Crippen LogP contribution in [0.15, 0.2) is 18.3 Å². The van der Waals surface area contributed by atoms with Gasteiger partial charge in [-0.2, -0.15) is 0 Å². The highest BCUT2D eigenvalue weighted by molar-refractivity contribution is 5.40. The Morgan fingerprint density at radius 3 is 3.00 bits per heavy atom. The second-order valence-electron chi connectivity index (χ2n) is 5.62. The van der Waals surface area contributed by atoms with Crippen molar-refractivity contribution >= 4 is 5.82 Å². The van der Waals surface area contributed by atoms with Gasteiger partial charge >= 0.3 is 0 Å². The summed E-state index contributed by atoms with van der Waals surface area (Å²) in [6, 6.07) is 4.45. The molecule has 1 aromatic heterocycles. The molecule has 2 unspecified atom stereocenters. The molecule has 106 valence electrons. The third-order valence-corrected chi connectivity index (χ3v) is 3.61. The smallest absolute Gasteiger partial charge is 0.128 e. The summed E-state index contributed by atoms with van der Waals surface area (Å²) in [7, 11) is 1.78. The zero-order chi connectivity index (χ0) is 13.7. The molecule has 1 fully saturated rings. The van der Waals surface area contributed by atoms with E-state index < -0.39 is 0 Å². The Bertz CT molecular complexity index is 375. The molecule has 1 aliphatic rings. The van der Waals surface area contributed by atoms with Crippen LogP contribution in [0.2, 0.25) is 0 Å². The number of nitrogens with zero attached hydrogens (tertiary/aromatic N) is 2. The molecule has 2 N–H and O–H groups in total. The normalized spacial score (nSPS) is 21.4. The highest BCUT2D eigenvalue weighted by atomic mass is 16.5. The lowest BCUT2D eigenvalue weighted by atomic mass is 9.99. The number of hydrogen-bond donors (Lipinski definition) is 1. The lowest BCUT2D eigenvalue weighted by Gasteiger charge is -2.33. The minimum atomic E-state index is 0.189. The number of hydrogen-bond acceptors (Lipinski definition) is 4. The van der Waals surface area contributed by atoms with E-state index in [1.165, 1.54) is 18.4 Å². The van der Waals surface area contributed by atoms with Gasteiger partial charge in [0.05, 0.1) is 6.61 Å². The van der Waals surface area contributed by atoms with E-state index >= 15 is 0 Å². The second kappa shape index (κ2) is 6.87. The lowest BCUT2D eigenvalue weighted by molar-refractivity contribution is 0.143. The predicted molar refractivity (Wildman–Crippen MR) is 78.4 cm³/mol. The second-order valence-corrected chi connectivity index (χ2v) is 5.62. The van der Waals surface area contributed by atoms with Crippen LogP contribution in [0.1, 0.15) is 25.3 Å². The molecule has 2 rings (SSSR count). The zero-order valence-corrected chi connectivity index (χ0v) is 12.0. The zero-order valence-electron chi connectivity index (χ0n) is 12.0. The molecular weight excluding hydrogens is 238 g/mol. The Morgan fingerprint density at radius 1 is 1.53 bits per heavy atom. The molecule has 0 aromatic carbocycles. The maximum Gasteiger partial charge on any atom is 0.128 e. The maximum atomic E-state index is 5.80. The Morgan fingerprint density at radius 2 is 2.37 bits per heavy atom. The number of aromatic nitrogens is 1. The quantitative estimate of drug-likeness (QED) is 0.880. The number of pyridine rings is 1. The maximum absolute atomic E-state index is 5.80. The summed E-state index contributed by atoms with van der Waals surface area (Å²) in [5, 5.41) is 0. The van der Waals surface area contributed by atoms with Crippen molar-refractivity contribution in [3.05, 3.63) is 23.9 Å². The predicted octanol–water partition coefficient (Wildman–Crippen LogP) is 1.83. The highest BCUT2D eigenvalue weighted by Crippen LogP contribution is 2.22. The monoisotopic (exact) mass is 263 g/mol. The van der Waals surface area contributed by atoms with Gasteiger partial charge in [-0.05, 0) is 43.7 Å². The van der Waals surface area contributed by atoms with Gasteiger partial charge in [0.2, 0.25) is 0 Å². The summed E-state index contributed by atoms with van der Waals surface area (Å²) in [4.78, 5) is 6.94. The first kappa shape index (κ1) is 14.3. The number of rotatable bonds is 5. The van der Waals surface area contributed by atoms with E-state index in [4.69, 9.17) is 10.5 Å². The van der Waals surface area contributed by atoms with Gasteiger partial charge in [-0.15, -0.1) is 0 Å². The van der Waals surface area contributed by atoms with Crippen molar-refractivity contribution in [2.75, 3.05) is 31.7 Å². The van der Waals surface area contributed by atoms with Crippen molar-refractivity contribution in [3.63, 3.8) is 0 Å². The van der Waals surface area contributed by atoms with Crippen LogP contribution in [0.5, 0.6) is 0 Å². The molecule has 1 aliphatic heterocycles. The van der Waals surface area contributed by atoms with Crippen molar-refractivity contribution in [2.24, 2.45) is 11.7 Å². The summed E-state index contributed by atoms with van der Waals surface area (Å²) < 4.78 is 5.27. The van der Waals surface area contributed by atoms with Gasteiger partial charge in [-0.3, -0.25) is 0 Å². The number of nitrogens with two attached hydrogens (primary N) is 1. The molecule has 4 heteroatoms. The van der Waals surface area contributed by atoms with Crippen molar-refractivity contribution in [1.29, 1.82) is 0 Å². The first-order chi connectivity index (χ1) is 9.19. The molecule has 1 aromatic rings. The van der Waals surface area contributed by atoms with Crippen LogP contribution in [0.3, 0.4) is 0 Å². The topological polar surface area (TPSA) is 51.4 Å². The molecular formula is C15H25N3O. The fourth-order valence-corrected chi connectivity index (χ4v) is 2.74. The van der Waals surface area contributed by atoms with Crippen LogP contribution in [-0.2, 0) is 11.2 Å². The van der Waals surface area contributed by atoms with E-state index in [0.29, 0.717) is 5.92 Å². The molecule has 0 spiro atoms. The molecule has 1 saturated heterocycles. The van der Waals surface area contributed by atoms with Gasteiger partial charge in [0, 0.05) is 32.4 Å². The first-order valence-corrected chi connectivity index (χ1v) is 7.13. The van der Waals surface area contributed by atoms with E-state index in [0.717, 1.165) is 31.9 Å². The van der Waals surface area contributed by atoms with Crippen molar-refractivity contribution in [1.82, 2.24) is 4.98 Å². The van der Waals surface area contributed by atoms with Gasteiger partial charge in [-0.1, -0.05) is 6.07 Å². The third-order valence-electron chi connectivity index (χ3n) is 3.61. The Balaban J connectivity index is 1.97. The van der Waals surface area contributed by atoms with E-state index in [9.17, 15) is 0 Å². The van der Waals surface area contributed by atoms with E-state index in [1.54, 1.807) is 7.11 Å². The number of anilines is 1. The van der Waals surface area contributed by atoms with Crippen LogP contribution in [-0.4, -0.2) is 37.8 Å². The van der Waals surface area contributed by atoms with Crippen molar-refractivity contribution in [2.45, 2.75) is 32.2 Å². The fourth-order valence-electron chi connectivity index (χ4n) is 2.74. The molecule has 2 atom stereocenters. The summed E-state index contributed by atoms with van der Waals surface area (Å²) in [6.07, 6.45) is 5.32. The van der Waals surface area contributed by atoms with Crippen LogP contribution >= 0.6 is 0 Å². The first-order valence-electron chi connectivity index (χ1n) is 7.13. The average Bonchev–Trinajstić information content (AvgIpc) is 2.40. The molecule has 0 bridgehead atoms. The van der Waals surface area contributed by atoms with Crippen LogP contribution in [0.4, 0.5) is 5.82 Å². The van der Waals surface area contributed by atoms with E-state index in [2.05, 4.69) is 22.0 Å². The molecule has 2 heterocycles. The van der Waals surface area contributed by atoms with Crippen LogP contribution in [0, 0.1) is 5.92 Å². The molecule has 0 amide bonds. The number of ether oxygens (including phenoxy) is 1. The summed E-state index contributed by atoms with van der Waals surface area (Å²) in [5.41, 5.74) is 7.02. The minimum absolute atomic E-state index is 0.189. The largest absolute Gasteiger partial charge is 0.384 e. The molecule has 0 saturated carbocycles. The summed E-state index contributed by atoms with van der Waals surface area (Å²) >= 11 is 0. The lowest BCUT2D eigenvalue weighted by Crippen LogP contribution is -2.37. The summed E-state index contributed by atoms with van der Waals surface area (Å²) in [6.45, 7) is 5.01. The van der Waals surface area contributed by atoms with E-state index in [1.807, 2.05) is 13.1 Å².